The summed E-state index contributed by atoms with van der Waals surface area (Å²) in [5.74, 6) is -1.78. The number of amides is 1. The maximum absolute atomic E-state index is 12.3. The lowest BCUT2D eigenvalue weighted by atomic mass is 10.1. The van der Waals surface area contributed by atoms with Crippen molar-refractivity contribution in [2.75, 3.05) is 6.54 Å². The van der Waals surface area contributed by atoms with Gasteiger partial charge in [0.2, 0.25) is 0 Å². The van der Waals surface area contributed by atoms with Gasteiger partial charge >= 0.3 is 11.7 Å². The number of aromatic hydroxyl groups is 1. The topological polar surface area (TPSA) is 121 Å². The molecule has 0 spiro atoms. The zero-order valence-corrected chi connectivity index (χ0v) is 13.8. The molecule has 8 nitrogen and oxygen atoms in total. The fourth-order valence-electron chi connectivity index (χ4n) is 2.01. The van der Waals surface area contributed by atoms with E-state index in [1.54, 1.807) is 0 Å². The van der Waals surface area contributed by atoms with Gasteiger partial charge < -0.3 is 10.2 Å². The number of carboxylic acids is 1. The van der Waals surface area contributed by atoms with Crippen LogP contribution in [0.2, 0.25) is 0 Å². The molecule has 24 heavy (non-hydrogen) atoms. The Morgan fingerprint density at radius 3 is 2.79 bits per heavy atom. The van der Waals surface area contributed by atoms with E-state index < -0.39 is 22.3 Å². The molecular formula is C14H12N2O6S2. The van der Waals surface area contributed by atoms with Crippen molar-refractivity contribution >= 4 is 51.9 Å². The number of hydrogen-bond donors (Lipinski definition) is 2. The molecule has 1 aliphatic rings. The molecule has 0 radical (unpaired) electrons. The van der Waals surface area contributed by atoms with Gasteiger partial charge in [0.15, 0.2) is 5.75 Å². The number of phenols is 1. The largest absolute Gasteiger partial charge is 0.502 e. The fraction of sp³-hybridized carbons (Fsp3) is 0.214. The fourth-order valence-corrected chi connectivity index (χ4v) is 3.32. The second-order valence-electron chi connectivity index (χ2n) is 4.84. The van der Waals surface area contributed by atoms with Crippen molar-refractivity contribution in [1.29, 1.82) is 0 Å². The first kappa shape index (κ1) is 17.9. The molecule has 0 unspecified atom stereocenters. The van der Waals surface area contributed by atoms with Gasteiger partial charge in [-0.25, -0.2) is 0 Å². The van der Waals surface area contributed by atoms with Crippen LogP contribution in [-0.4, -0.2) is 42.8 Å². The minimum atomic E-state index is -0.951. The monoisotopic (exact) mass is 368 g/mol. The predicted octanol–water partition coefficient (Wildman–Crippen LogP) is 2.37. The van der Waals surface area contributed by atoms with Crippen LogP contribution in [0.4, 0.5) is 5.69 Å². The molecule has 0 bridgehead atoms. The van der Waals surface area contributed by atoms with Crippen LogP contribution >= 0.6 is 24.0 Å². The van der Waals surface area contributed by atoms with E-state index in [9.17, 15) is 24.8 Å². The standard InChI is InChI=1S/C14H12N2O6S2/c17-10-4-3-8(6-9(10)16(21)22)7-11-13(20)15(14(23)24-11)5-1-2-12(18)19/h3-4,6-7,17H,1-2,5H2,(H,18,19)/b11-7+. The zero-order valence-electron chi connectivity index (χ0n) is 12.2. The third kappa shape index (κ3) is 4.09. The highest BCUT2D eigenvalue weighted by Crippen LogP contribution is 2.34. The molecule has 0 aromatic heterocycles. The number of nitro groups is 1. The first-order valence-electron chi connectivity index (χ1n) is 6.74. The normalized spacial score (nSPS) is 16.0. The number of carbonyl (C=O) groups excluding carboxylic acids is 1. The highest BCUT2D eigenvalue weighted by atomic mass is 32.2. The lowest BCUT2D eigenvalue weighted by Crippen LogP contribution is -2.29. The molecule has 0 saturated carbocycles. The maximum Gasteiger partial charge on any atom is 0.311 e. The van der Waals surface area contributed by atoms with Gasteiger partial charge in [-0.1, -0.05) is 30.0 Å². The van der Waals surface area contributed by atoms with E-state index >= 15 is 0 Å². The van der Waals surface area contributed by atoms with Gasteiger partial charge in [0, 0.05) is 19.0 Å². The van der Waals surface area contributed by atoms with Crippen LogP contribution in [0.15, 0.2) is 23.1 Å². The number of rotatable bonds is 6. The first-order valence-corrected chi connectivity index (χ1v) is 7.96. The number of carbonyl (C=O) groups is 2. The summed E-state index contributed by atoms with van der Waals surface area (Å²) >= 11 is 6.15. The summed E-state index contributed by atoms with van der Waals surface area (Å²) in [7, 11) is 0. The molecule has 2 N–H and O–H groups in total. The third-order valence-electron chi connectivity index (χ3n) is 3.14. The van der Waals surface area contributed by atoms with E-state index in [2.05, 4.69) is 0 Å². The quantitative estimate of drug-likeness (QED) is 0.340. The second-order valence-corrected chi connectivity index (χ2v) is 6.51. The van der Waals surface area contributed by atoms with E-state index in [0.29, 0.717) is 9.88 Å². The Hall–Kier alpha value is -2.46. The van der Waals surface area contributed by atoms with Crippen LogP contribution in [0.25, 0.3) is 6.08 Å². The lowest BCUT2D eigenvalue weighted by Gasteiger charge is -2.13. The van der Waals surface area contributed by atoms with E-state index in [0.717, 1.165) is 17.8 Å². The Kier molecular flexibility index (Phi) is 5.52. The van der Waals surface area contributed by atoms with Crippen molar-refractivity contribution in [2.45, 2.75) is 12.8 Å². The average molecular weight is 368 g/mol. The van der Waals surface area contributed by atoms with E-state index in [4.69, 9.17) is 17.3 Å². The Bertz CT molecular complexity index is 762. The summed E-state index contributed by atoms with van der Waals surface area (Å²) in [5.41, 5.74) is -0.0776. The van der Waals surface area contributed by atoms with Gasteiger partial charge in [-0.05, 0) is 24.1 Å². The summed E-state index contributed by atoms with van der Waals surface area (Å²) in [6.07, 6.45) is 1.66. The summed E-state index contributed by atoms with van der Waals surface area (Å²) < 4.78 is 0.310. The van der Waals surface area contributed by atoms with Gasteiger partial charge in [-0.2, -0.15) is 0 Å². The lowest BCUT2D eigenvalue weighted by molar-refractivity contribution is -0.385. The Morgan fingerprint density at radius 1 is 1.46 bits per heavy atom. The Morgan fingerprint density at radius 2 is 2.17 bits per heavy atom. The van der Waals surface area contributed by atoms with Crippen molar-refractivity contribution in [3.8, 4) is 5.75 Å². The van der Waals surface area contributed by atoms with Crippen molar-refractivity contribution in [3.63, 3.8) is 0 Å². The van der Waals surface area contributed by atoms with Crippen molar-refractivity contribution in [1.82, 2.24) is 4.90 Å². The van der Waals surface area contributed by atoms with Gasteiger partial charge in [0.1, 0.15) is 4.32 Å². The molecule has 2 rings (SSSR count). The number of nitro benzene ring substituents is 1. The number of phenolic OH excluding ortho intramolecular Hbond substituents is 1. The summed E-state index contributed by atoms with van der Waals surface area (Å²) in [4.78, 5) is 34.5. The third-order valence-corrected chi connectivity index (χ3v) is 4.52. The van der Waals surface area contributed by atoms with Gasteiger partial charge in [0.05, 0.1) is 9.83 Å². The number of benzene rings is 1. The number of hydrogen-bond acceptors (Lipinski definition) is 7. The maximum atomic E-state index is 12.3. The molecule has 1 amide bonds. The molecule has 1 fully saturated rings. The smallest absolute Gasteiger partial charge is 0.311 e. The Balaban J connectivity index is 2.18. The first-order chi connectivity index (χ1) is 11.3. The van der Waals surface area contributed by atoms with Crippen LogP contribution in [0.3, 0.4) is 0 Å². The number of nitrogens with zero attached hydrogens (tertiary/aromatic N) is 2. The molecular weight excluding hydrogens is 356 g/mol. The van der Waals surface area contributed by atoms with E-state index in [1.165, 1.54) is 23.1 Å². The van der Waals surface area contributed by atoms with E-state index in [1.807, 2.05) is 0 Å². The minimum absolute atomic E-state index is 0.0692. The number of aliphatic carboxylic acids is 1. The van der Waals surface area contributed by atoms with Crippen LogP contribution in [0, 0.1) is 10.1 Å². The Labute approximate surface area is 145 Å². The van der Waals surface area contributed by atoms with Gasteiger partial charge in [-0.15, -0.1) is 0 Å². The number of thioether (sulfide) groups is 1. The number of carboxylic acid groups (broad SMARTS) is 1. The van der Waals surface area contributed by atoms with Crippen molar-refractivity contribution in [2.24, 2.45) is 0 Å². The average Bonchev–Trinajstić information content (AvgIpc) is 2.76. The van der Waals surface area contributed by atoms with Crippen LogP contribution < -0.4 is 0 Å². The van der Waals surface area contributed by atoms with Crippen molar-refractivity contribution < 1.29 is 24.7 Å². The van der Waals surface area contributed by atoms with Crippen LogP contribution in [0.5, 0.6) is 5.75 Å². The zero-order chi connectivity index (χ0) is 17.9. The summed E-state index contributed by atoms with van der Waals surface area (Å²) in [6.45, 7) is 0.198. The molecule has 0 atom stereocenters. The summed E-state index contributed by atoms with van der Waals surface area (Å²) in [5, 5.41) is 28.9. The predicted molar refractivity (Wildman–Crippen MR) is 91.5 cm³/mol. The highest BCUT2D eigenvalue weighted by Gasteiger charge is 2.31. The molecule has 1 heterocycles. The van der Waals surface area contributed by atoms with Crippen LogP contribution in [0.1, 0.15) is 18.4 Å². The summed E-state index contributed by atoms with van der Waals surface area (Å²) in [6, 6.07) is 3.78. The van der Waals surface area contributed by atoms with Gasteiger partial charge in [0.25, 0.3) is 5.91 Å². The van der Waals surface area contributed by atoms with E-state index in [-0.39, 0.29) is 30.2 Å². The SMILES string of the molecule is O=C(O)CCCN1C(=O)/C(=C\c2ccc(O)c([N+](=O)[O-])c2)SC1=S. The molecule has 1 aliphatic heterocycles. The number of thiocarbonyl (C=S) groups is 1. The van der Waals surface area contributed by atoms with Crippen molar-refractivity contribution in [3.05, 3.63) is 38.8 Å². The molecule has 10 heteroatoms. The molecule has 1 aromatic carbocycles. The molecule has 1 aromatic rings. The molecule has 1 saturated heterocycles. The highest BCUT2D eigenvalue weighted by molar-refractivity contribution is 8.26. The molecule has 0 aliphatic carbocycles. The minimum Gasteiger partial charge on any atom is -0.502 e. The van der Waals surface area contributed by atoms with Gasteiger partial charge in [-0.3, -0.25) is 24.6 Å². The second kappa shape index (κ2) is 7.41. The van der Waals surface area contributed by atoms with Crippen LogP contribution in [-0.2, 0) is 9.59 Å². The molecule has 126 valence electrons.